The van der Waals surface area contributed by atoms with Gasteiger partial charge in [0.15, 0.2) is 5.82 Å². The molecule has 0 aliphatic heterocycles. The summed E-state index contributed by atoms with van der Waals surface area (Å²) < 4.78 is 9.83. The van der Waals surface area contributed by atoms with Crippen molar-refractivity contribution in [3.8, 4) is 0 Å². The smallest absolute Gasteiger partial charge is 0.270 e. The van der Waals surface area contributed by atoms with Crippen molar-refractivity contribution in [2.45, 2.75) is 13.8 Å². The molecule has 0 fully saturated rings. The van der Waals surface area contributed by atoms with Crippen LogP contribution < -0.4 is 10.6 Å². The van der Waals surface area contributed by atoms with Crippen LogP contribution in [0.3, 0.4) is 0 Å². The number of carbonyl (C=O) groups excluding carboxylic acids is 1. The van der Waals surface area contributed by atoms with E-state index in [4.69, 9.17) is 9.26 Å². The average Bonchev–Trinajstić information content (AvgIpc) is 2.83. The van der Waals surface area contributed by atoms with Crippen LogP contribution in [0.25, 0.3) is 0 Å². The zero-order chi connectivity index (χ0) is 15.2. The molecular formula is C13H17N5O3. The number of nitrogens with zero attached hydrogens (tertiary/aromatic N) is 3. The summed E-state index contributed by atoms with van der Waals surface area (Å²) in [6.45, 7) is 4.43. The molecule has 0 bridgehead atoms. The monoisotopic (exact) mass is 291 g/mol. The van der Waals surface area contributed by atoms with Gasteiger partial charge in [-0.2, -0.15) is 0 Å². The number of amides is 1. The molecule has 1 amide bonds. The summed E-state index contributed by atoms with van der Waals surface area (Å²) in [6, 6.07) is 3.32. The number of aryl methyl sites for hydroxylation is 2. The average molecular weight is 291 g/mol. The predicted octanol–water partition coefficient (Wildman–Crippen LogP) is 1.20. The summed E-state index contributed by atoms with van der Waals surface area (Å²) in [5.74, 6) is 1.17. The topological polar surface area (TPSA) is 102 Å². The number of carbonyl (C=O) groups is 1. The van der Waals surface area contributed by atoms with E-state index in [-0.39, 0.29) is 11.6 Å². The Kier molecular flexibility index (Phi) is 4.83. The molecule has 0 aliphatic carbocycles. The normalized spacial score (nSPS) is 10.4. The molecule has 8 nitrogen and oxygen atoms in total. The fourth-order valence-electron chi connectivity index (χ4n) is 1.64. The van der Waals surface area contributed by atoms with Gasteiger partial charge < -0.3 is 19.9 Å². The third-order valence-electron chi connectivity index (χ3n) is 2.55. The van der Waals surface area contributed by atoms with Crippen LogP contribution in [0.1, 0.15) is 21.9 Å². The molecule has 0 radical (unpaired) electrons. The van der Waals surface area contributed by atoms with Gasteiger partial charge >= 0.3 is 0 Å². The first-order chi connectivity index (χ1) is 10.1. The number of rotatable bonds is 6. The summed E-state index contributed by atoms with van der Waals surface area (Å²) in [4.78, 5) is 20.3. The fraction of sp³-hybridized carbons (Fsp3) is 0.385. The summed E-state index contributed by atoms with van der Waals surface area (Å²) in [5, 5.41) is 9.40. The van der Waals surface area contributed by atoms with Crippen molar-refractivity contribution in [1.29, 1.82) is 0 Å². The number of hydrogen-bond donors (Lipinski definition) is 2. The maximum absolute atomic E-state index is 12.0. The van der Waals surface area contributed by atoms with Crippen LogP contribution in [0.4, 0.5) is 11.8 Å². The van der Waals surface area contributed by atoms with Crippen molar-refractivity contribution in [2.75, 3.05) is 25.6 Å². The summed E-state index contributed by atoms with van der Waals surface area (Å²) in [5.41, 5.74) is 0.950. The van der Waals surface area contributed by atoms with Crippen LogP contribution >= 0.6 is 0 Å². The number of methoxy groups -OCH3 is 1. The molecule has 21 heavy (non-hydrogen) atoms. The molecule has 112 valence electrons. The molecule has 2 heterocycles. The van der Waals surface area contributed by atoms with Crippen molar-refractivity contribution in [1.82, 2.24) is 20.4 Å². The third kappa shape index (κ3) is 4.25. The summed E-state index contributed by atoms with van der Waals surface area (Å²) >= 11 is 0. The van der Waals surface area contributed by atoms with Gasteiger partial charge in [0.25, 0.3) is 5.91 Å². The largest absolute Gasteiger partial charge is 0.383 e. The van der Waals surface area contributed by atoms with Crippen molar-refractivity contribution in [3.05, 3.63) is 29.3 Å². The minimum absolute atomic E-state index is 0.279. The van der Waals surface area contributed by atoms with Crippen LogP contribution in [-0.4, -0.2) is 41.3 Å². The first-order valence-corrected chi connectivity index (χ1v) is 6.41. The Hall–Kier alpha value is -2.48. The molecule has 0 aliphatic rings. The minimum Gasteiger partial charge on any atom is -0.383 e. The van der Waals surface area contributed by atoms with Crippen LogP contribution in [0.15, 0.2) is 16.7 Å². The van der Waals surface area contributed by atoms with Gasteiger partial charge in [0.2, 0.25) is 5.95 Å². The van der Waals surface area contributed by atoms with Crippen LogP contribution in [0.2, 0.25) is 0 Å². The summed E-state index contributed by atoms with van der Waals surface area (Å²) in [7, 11) is 1.57. The highest BCUT2D eigenvalue weighted by Gasteiger charge is 2.11. The van der Waals surface area contributed by atoms with E-state index in [1.165, 1.54) is 0 Å². The molecule has 0 aromatic carbocycles. The van der Waals surface area contributed by atoms with E-state index in [0.29, 0.717) is 36.4 Å². The highest BCUT2D eigenvalue weighted by Crippen LogP contribution is 2.13. The molecule has 0 saturated carbocycles. The van der Waals surface area contributed by atoms with Gasteiger partial charge in [0.1, 0.15) is 11.5 Å². The minimum atomic E-state index is -0.281. The van der Waals surface area contributed by atoms with Gasteiger partial charge in [-0.1, -0.05) is 5.16 Å². The Labute approximate surface area is 121 Å². The van der Waals surface area contributed by atoms with Crippen molar-refractivity contribution in [3.63, 3.8) is 0 Å². The standard InChI is InChI=1S/C13H17N5O3/c1-8-6-10(12(19)14-4-5-20-3)16-13(15-8)17-11-7-9(2)21-18-11/h6-7H,4-5H2,1-3H3,(H,14,19)(H,15,16,17,18). The summed E-state index contributed by atoms with van der Waals surface area (Å²) in [6.07, 6.45) is 0. The highest BCUT2D eigenvalue weighted by molar-refractivity contribution is 5.92. The number of anilines is 2. The molecule has 0 spiro atoms. The van der Waals surface area contributed by atoms with Crippen molar-refractivity contribution in [2.24, 2.45) is 0 Å². The first kappa shape index (κ1) is 14.9. The fourth-order valence-corrected chi connectivity index (χ4v) is 1.64. The van der Waals surface area contributed by atoms with E-state index >= 15 is 0 Å². The Morgan fingerprint density at radius 2 is 2.14 bits per heavy atom. The molecule has 2 N–H and O–H groups in total. The maximum atomic E-state index is 12.0. The number of ether oxygens (including phenoxy) is 1. The van der Waals surface area contributed by atoms with Gasteiger partial charge in [-0.25, -0.2) is 9.97 Å². The quantitative estimate of drug-likeness (QED) is 0.771. The number of aromatic nitrogens is 3. The molecule has 2 aromatic rings. The second kappa shape index (κ2) is 6.80. The molecular weight excluding hydrogens is 274 g/mol. The lowest BCUT2D eigenvalue weighted by atomic mass is 10.3. The highest BCUT2D eigenvalue weighted by atomic mass is 16.5. The molecule has 2 aromatic heterocycles. The lowest BCUT2D eigenvalue weighted by Crippen LogP contribution is -2.28. The molecule has 8 heteroatoms. The SMILES string of the molecule is COCCNC(=O)c1cc(C)nc(Nc2cc(C)on2)n1. The lowest BCUT2D eigenvalue weighted by Gasteiger charge is -2.07. The van der Waals surface area contributed by atoms with Gasteiger partial charge in [0.05, 0.1) is 6.61 Å². The lowest BCUT2D eigenvalue weighted by molar-refractivity contribution is 0.0932. The second-order valence-corrected chi connectivity index (χ2v) is 4.41. The number of hydrogen-bond acceptors (Lipinski definition) is 7. The Morgan fingerprint density at radius 3 is 2.81 bits per heavy atom. The molecule has 0 saturated heterocycles. The van der Waals surface area contributed by atoms with Crippen molar-refractivity contribution >= 4 is 17.7 Å². The molecule has 2 rings (SSSR count). The van der Waals surface area contributed by atoms with E-state index in [9.17, 15) is 4.79 Å². The van der Waals surface area contributed by atoms with E-state index in [1.54, 1.807) is 33.1 Å². The molecule has 0 unspecified atom stereocenters. The van der Waals surface area contributed by atoms with E-state index in [0.717, 1.165) is 0 Å². The predicted molar refractivity (Wildman–Crippen MR) is 75.5 cm³/mol. The van der Waals surface area contributed by atoms with Gasteiger partial charge in [-0.15, -0.1) is 0 Å². The second-order valence-electron chi connectivity index (χ2n) is 4.41. The van der Waals surface area contributed by atoms with Crippen molar-refractivity contribution < 1.29 is 14.1 Å². The zero-order valence-electron chi connectivity index (χ0n) is 12.1. The van der Waals surface area contributed by atoms with Crippen LogP contribution in [0.5, 0.6) is 0 Å². The van der Waals surface area contributed by atoms with E-state index < -0.39 is 0 Å². The third-order valence-corrected chi connectivity index (χ3v) is 2.55. The maximum Gasteiger partial charge on any atom is 0.270 e. The Morgan fingerprint density at radius 1 is 1.33 bits per heavy atom. The van der Waals surface area contributed by atoms with Gasteiger partial charge in [-0.3, -0.25) is 4.79 Å². The first-order valence-electron chi connectivity index (χ1n) is 6.41. The van der Waals surface area contributed by atoms with Crippen LogP contribution in [-0.2, 0) is 4.74 Å². The van der Waals surface area contributed by atoms with Crippen LogP contribution in [0, 0.1) is 13.8 Å². The Balaban J connectivity index is 2.11. The number of nitrogens with one attached hydrogen (secondary N) is 2. The van der Waals surface area contributed by atoms with Gasteiger partial charge in [0, 0.05) is 25.4 Å². The van der Waals surface area contributed by atoms with Gasteiger partial charge in [-0.05, 0) is 19.9 Å². The van der Waals surface area contributed by atoms with E-state index in [1.807, 2.05) is 0 Å². The molecule has 0 atom stereocenters. The van der Waals surface area contributed by atoms with E-state index in [2.05, 4.69) is 25.8 Å². The Bertz CT molecular complexity index is 626. The zero-order valence-corrected chi connectivity index (χ0v) is 12.1.